The van der Waals surface area contributed by atoms with E-state index in [1.165, 1.54) is 6.07 Å². The zero-order chi connectivity index (χ0) is 15.4. The Kier molecular flexibility index (Phi) is 5.55. The van der Waals surface area contributed by atoms with Gasteiger partial charge < -0.3 is 5.32 Å². The van der Waals surface area contributed by atoms with Crippen LogP contribution >= 0.6 is 0 Å². The number of halogens is 3. The van der Waals surface area contributed by atoms with Crippen LogP contribution in [-0.2, 0) is 16.3 Å². The van der Waals surface area contributed by atoms with Gasteiger partial charge in [0.1, 0.15) is 0 Å². The summed E-state index contributed by atoms with van der Waals surface area (Å²) in [5, 5.41) is 2.91. The summed E-state index contributed by atoms with van der Waals surface area (Å²) in [6, 6.07) is 4.60. The molecule has 0 saturated carbocycles. The molecular formula is C12H16F3NO3S. The molecule has 1 aromatic carbocycles. The molecule has 0 spiro atoms. The van der Waals surface area contributed by atoms with Crippen molar-refractivity contribution in [3.05, 3.63) is 35.4 Å². The van der Waals surface area contributed by atoms with Crippen LogP contribution in [0.2, 0.25) is 0 Å². The topological polar surface area (TPSA) is 66.4 Å². The Morgan fingerprint density at radius 1 is 1.35 bits per heavy atom. The normalized spacial score (nSPS) is 14.2. The molecule has 1 aromatic rings. The molecule has 0 heterocycles. The first-order chi connectivity index (χ1) is 9.09. The second-order valence-electron chi connectivity index (χ2n) is 4.44. The Balaban J connectivity index is 2.58. The maximum absolute atomic E-state index is 12.6. The SMILES string of the molecule is CC(NCCCS(=O)(=O)O)c1cccc(C(F)(F)F)c1. The highest BCUT2D eigenvalue weighted by Gasteiger charge is 2.30. The molecule has 1 unspecified atom stereocenters. The van der Waals surface area contributed by atoms with E-state index in [9.17, 15) is 21.6 Å². The highest BCUT2D eigenvalue weighted by molar-refractivity contribution is 7.85. The van der Waals surface area contributed by atoms with Gasteiger partial charge in [0, 0.05) is 6.04 Å². The van der Waals surface area contributed by atoms with Gasteiger partial charge in [-0.3, -0.25) is 4.55 Å². The first-order valence-electron chi connectivity index (χ1n) is 5.95. The van der Waals surface area contributed by atoms with Crippen molar-refractivity contribution < 1.29 is 26.1 Å². The van der Waals surface area contributed by atoms with Crippen LogP contribution in [0.5, 0.6) is 0 Å². The summed E-state index contributed by atoms with van der Waals surface area (Å²) >= 11 is 0. The first kappa shape index (κ1) is 16.9. The van der Waals surface area contributed by atoms with Crippen molar-refractivity contribution in [2.45, 2.75) is 25.6 Å². The Bertz CT molecular complexity index is 543. The molecule has 0 saturated heterocycles. The molecule has 8 heteroatoms. The van der Waals surface area contributed by atoms with Crippen molar-refractivity contribution in [3.63, 3.8) is 0 Å². The van der Waals surface area contributed by atoms with Gasteiger partial charge in [-0.1, -0.05) is 12.1 Å². The van der Waals surface area contributed by atoms with E-state index in [2.05, 4.69) is 5.32 Å². The van der Waals surface area contributed by atoms with E-state index in [1.807, 2.05) is 0 Å². The molecule has 20 heavy (non-hydrogen) atoms. The average molecular weight is 311 g/mol. The Hall–Kier alpha value is -1.12. The molecule has 2 N–H and O–H groups in total. The molecule has 0 amide bonds. The Morgan fingerprint density at radius 2 is 2.00 bits per heavy atom. The van der Waals surface area contributed by atoms with Gasteiger partial charge in [-0.15, -0.1) is 0 Å². The molecule has 0 fully saturated rings. The summed E-state index contributed by atoms with van der Waals surface area (Å²) in [4.78, 5) is 0. The van der Waals surface area contributed by atoms with Gasteiger partial charge >= 0.3 is 6.18 Å². The van der Waals surface area contributed by atoms with E-state index in [1.54, 1.807) is 13.0 Å². The molecular weight excluding hydrogens is 295 g/mol. The zero-order valence-corrected chi connectivity index (χ0v) is 11.6. The largest absolute Gasteiger partial charge is 0.416 e. The predicted molar refractivity (Wildman–Crippen MR) is 68.9 cm³/mol. The summed E-state index contributed by atoms with van der Waals surface area (Å²) in [6.45, 7) is 1.96. The summed E-state index contributed by atoms with van der Waals surface area (Å²) in [7, 11) is -4.00. The summed E-state index contributed by atoms with van der Waals surface area (Å²) < 4.78 is 67.2. The fourth-order valence-electron chi connectivity index (χ4n) is 1.68. The van der Waals surface area contributed by atoms with Gasteiger partial charge in [0.05, 0.1) is 11.3 Å². The molecule has 0 bridgehead atoms. The first-order valence-corrected chi connectivity index (χ1v) is 7.56. The quantitative estimate of drug-likeness (QED) is 0.626. The standard InChI is InChI=1S/C12H16F3NO3S/c1-9(16-6-3-7-20(17,18)19)10-4-2-5-11(8-10)12(13,14)15/h2,4-5,8-9,16H,3,6-7H2,1H3,(H,17,18,19). The lowest BCUT2D eigenvalue weighted by Gasteiger charge is -2.16. The fraction of sp³-hybridized carbons (Fsp3) is 0.500. The third-order valence-corrected chi connectivity index (χ3v) is 3.55. The summed E-state index contributed by atoms with van der Waals surface area (Å²) in [5.41, 5.74) is -0.256. The van der Waals surface area contributed by atoms with Gasteiger partial charge in [-0.2, -0.15) is 21.6 Å². The lowest BCUT2D eigenvalue weighted by Crippen LogP contribution is -2.22. The number of benzene rings is 1. The monoisotopic (exact) mass is 311 g/mol. The number of alkyl halides is 3. The van der Waals surface area contributed by atoms with Crippen LogP contribution in [0.25, 0.3) is 0 Å². The second-order valence-corrected chi connectivity index (χ2v) is 6.01. The van der Waals surface area contributed by atoms with Gasteiger partial charge in [0.15, 0.2) is 0 Å². The van der Waals surface area contributed by atoms with E-state index in [4.69, 9.17) is 4.55 Å². The van der Waals surface area contributed by atoms with E-state index in [0.29, 0.717) is 5.56 Å². The molecule has 0 aliphatic carbocycles. The van der Waals surface area contributed by atoms with Crippen LogP contribution in [0.15, 0.2) is 24.3 Å². The highest BCUT2D eigenvalue weighted by Crippen LogP contribution is 2.30. The number of hydrogen-bond acceptors (Lipinski definition) is 3. The maximum atomic E-state index is 12.6. The van der Waals surface area contributed by atoms with Crippen LogP contribution in [0, 0.1) is 0 Å². The van der Waals surface area contributed by atoms with Crippen LogP contribution in [0.4, 0.5) is 13.2 Å². The van der Waals surface area contributed by atoms with Crippen molar-refractivity contribution in [2.75, 3.05) is 12.3 Å². The summed E-state index contributed by atoms with van der Waals surface area (Å²) in [5.74, 6) is -0.380. The maximum Gasteiger partial charge on any atom is 0.416 e. The van der Waals surface area contributed by atoms with Crippen LogP contribution in [0.3, 0.4) is 0 Å². The molecule has 4 nitrogen and oxygen atoms in total. The fourth-order valence-corrected chi connectivity index (χ4v) is 2.18. The minimum Gasteiger partial charge on any atom is -0.310 e. The minimum absolute atomic E-state index is 0.183. The zero-order valence-electron chi connectivity index (χ0n) is 10.8. The minimum atomic E-state index is -4.39. The van der Waals surface area contributed by atoms with Crippen molar-refractivity contribution in [3.8, 4) is 0 Å². The molecule has 0 aliphatic heterocycles. The smallest absolute Gasteiger partial charge is 0.310 e. The lowest BCUT2D eigenvalue weighted by molar-refractivity contribution is -0.137. The highest BCUT2D eigenvalue weighted by atomic mass is 32.2. The van der Waals surface area contributed by atoms with Gasteiger partial charge in [0.2, 0.25) is 0 Å². The Labute approximate surface area is 115 Å². The summed E-state index contributed by atoms with van der Waals surface area (Å²) in [6.07, 6.45) is -4.21. The molecule has 114 valence electrons. The van der Waals surface area contributed by atoms with Crippen LogP contribution in [0.1, 0.15) is 30.5 Å². The van der Waals surface area contributed by atoms with E-state index in [-0.39, 0.29) is 24.8 Å². The van der Waals surface area contributed by atoms with Gasteiger partial charge in [-0.05, 0) is 37.6 Å². The van der Waals surface area contributed by atoms with Gasteiger partial charge in [-0.25, -0.2) is 0 Å². The molecule has 0 radical (unpaired) electrons. The number of nitrogens with one attached hydrogen (secondary N) is 1. The average Bonchev–Trinajstić information content (AvgIpc) is 2.32. The van der Waals surface area contributed by atoms with Crippen LogP contribution in [-0.4, -0.2) is 25.3 Å². The van der Waals surface area contributed by atoms with Crippen LogP contribution < -0.4 is 5.32 Å². The van der Waals surface area contributed by atoms with E-state index < -0.39 is 21.9 Å². The van der Waals surface area contributed by atoms with Crippen molar-refractivity contribution in [2.24, 2.45) is 0 Å². The lowest BCUT2D eigenvalue weighted by atomic mass is 10.0. The molecule has 1 atom stereocenters. The predicted octanol–water partition coefficient (Wildman–Crippen LogP) is 2.63. The third-order valence-electron chi connectivity index (χ3n) is 2.74. The van der Waals surface area contributed by atoms with E-state index in [0.717, 1.165) is 12.1 Å². The molecule has 1 rings (SSSR count). The third kappa shape index (κ3) is 5.89. The van der Waals surface area contributed by atoms with E-state index >= 15 is 0 Å². The van der Waals surface area contributed by atoms with Crippen molar-refractivity contribution >= 4 is 10.1 Å². The van der Waals surface area contributed by atoms with Crippen molar-refractivity contribution in [1.29, 1.82) is 0 Å². The number of hydrogen-bond donors (Lipinski definition) is 2. The number of rotatable bonds is 6. The molecule has 0 aromatic heterocycles. The van der Waals surface area contributed by atoms with Gasteiger partial charge in [0.25, 0.3) is 10.1 Å². The Morgan fingerprint density at radius 3 is 2.55 bits per heavy atom. The van der Waals surface area contributed by atoms with Crippen molar-refractivity contribution in [1.82, 2.24) is 5.32 Å². The second kappa shape index (κ2) is 6.55. The molecule has 0 aliphatic rings.